The van der Waals surface area contributed by atoms with Gasteiger partial charge in [0.2, 0.25) is 11.8 Å². The Morgan fingerprint density at radius 2 is 1.74 bits per heavy atom. The van der Waals surface area contributed by atoms with E-state index in [0.717, 1.165) is 29.5 Å². The normalized spacial score (nSPS) is 12.6. The highest BCUT2D eigenvalue weighted by Crippen LogP contribution is 2.25. The summed E-state index contributed by atoms with van der Waals surface area (Å²) in [5.74, 6) is -0.920. The van der Waals surface area contributed by atoms with Crippen molar-refractivity contribution in [2.24, 2.45) is 0 Å². The van der Waals surface area contributed by atoms with Crippen molar-refractivity contribution in [1.82, 2.24) is 15.5 Å². The van der Waals surface area contributed by atoms with Crippen LogP contribution in [0, 0.1) is 25.2 Å². The molecule has 0 aliphatic carbocycles. The van der Waals surface area contributed by atoms with Gasteiger partial charge in [-0.05, 0) is 63.3 Å². The number of hydrogen-bond acceptors (Lipinski definition) is 5. The molecule has 0 aromatic heterocycles. The number of hydrogen-bond donors (Lipinski definition) is 2. The largest absolute Gasteiger partial charge is 0.444 e. The Labute approximate surface area is 226 Å². The molecule has 2 rings (SSSR count). The Balaban J connectivity index is 2.52. The lowest BCUT2D eigenvalue weighted by atomic mass is 9.97. The van der Waals surface area contributed by atoms with Crippen LogP contribution in [0.15, 0.2) is 48.5 Å². The average molecular weight is 521 g/mol. The quantitative estimate of drug-likeness (QED) is 0.328. The highest BCUT2D eigenvalue weighted by molar-refractivity contribution is 5.92. The first-order valence-corrected chi connectivity index (χ1v) is 13.0. The van der Waals surface area contributed by atoms with Crippen LogP contribution >= 0.6 is 0 Å². The first kappa shape index (κ1) is 30.4. The monoisotopic (exact) mass is 520 g/mol. The number of nitriles is 1. The van der Waals surface area contributed by atoms with Crippen molar-refractivity contribution in [3.8, 4) is 6.07 Å². The third-order valence-corrected chi connectivity index (χ3v) is 6.03. The number of alkyl carbamates (subject to hydrolysis) is 1. The molecule has 2 unspecified atom stereocenters. The molecular formula is C30H40N4O4. The van der Waals surface area contributed by atoms with Crippen LogP contribution in [0.25, 0.3) is 0 Å². The van der Waals surface area contributed by atoms with Crippen LogP contribution in [-0.2, 0) is 20.7 Å². The SMILES string of the molecule is CCCCNC(=O)C(c1ccc(C)c(C)c1)N(CC#N)C(=O)C(Cc1ccccc1)NC(=O)OC(C)(C)C. The third-order valence-electron chi connectivity index (χ3n) is 6.03. The fourth-order valence-electron chi connectivity index (χ4n) is 3.97. The number of nitrogens with zero attached hydrogens (tertiary/aromatic N) is 2. The molecule has 2 aromatic carbocycles. The van der Waals surface area contributed by atoms with Gasteiger partial charge in [-0.3, -0.25) is 9.59 Å². The zero-order valence-electron chi connectivity index (χ0n) is 23.3. The van der Waals surface area contributed by atoms with Crippen LogP contribution in [0.4, 0.5) is 4.79 Å². The van der Waals surface area contributed by atoms with E-state index in [4.69, 9.17) is 4.74 Å². The number of amides is 3. The van der Waals surface area contributed by atoms with Gasteiger partial charge in [0.25, 0.3) is 0 Å². The summed E-state index contributed by atoms with van der Waals surface area (Å²) >= 11 is 0. The highest BCUT2D eigenvalue weighted by Gasteiger charge is 2.36. The van der Waals surface area contributed by atoms with Crippen LogP contribution in [0.1, 0.15) is 68.8 Å². The van der Waals surface area contributed by atoms with Gasteiger partial charge in [-0.1, -0.05) is 61.9 Å². The Hall–Kier alpha value is -3.86. The van der Waals surface area contributed by atoms with Crippen molar-refractivity contribution in [1.29, 1.82) is 5.26 Å². The molecule has 2 atom stereocenters. The zero-order valence-corrected chi connectivity index (χ0v) is 23.3. The first-order valence-electron chi connectivity index (χ1n) is 13.0. The third kappa shape index (κ3) is 9.22. The first-order chi connectivity index (χ1) is 18.0. The number of carbonyl (C=O) groups is 3. The van der Waals surface area contributed by atoms with Gasteiger partial charge >= 0.3 is 6.09 Å². The van der Waals surface area contributed by atoms with Gasteiger partial charge in [-0.2, -0.15) is 5.26 Å². The molecule has 0 saturated carbocycles. The summed E-state index contributed by atoms with van der Waals surface area (Å²) < 4.78 is 5.42. The number of nitrogens with one attached hydrogen (secondary N) is 2. The van der Waals surface area contributed by atoms with Crippen LogP contribution < -0.4 is 10.6 Å². The summed E-state index contributed by atoms with van der Waals surface area (Å²) in [4.78, 5) is 41.5. The zero-order chi connectivity index (χ0) is 28.3. The van der Waals surface area contributed by atoms with Gasteiger partial charge in [0.15, 0.2) is 0 Å². The Bertz CT molecular complexity index is 1140. The average Bonchev–Trinajstić information content (AvgIpc) is 2.84. The maximum Gasteiger partial charge on any atom is 0.408 e. The topological polar surface area (TPSA) is 112 Å². The molecule has 0 saturated heterocycles. The summed E-state index contributed by atoms with van der Waals surface area (Å²) in [7, 11) is 0. The van der Waals surface area contributed by atoms with Gasteiger partial charge in [0.05, 0.1) is 6.07 Å². The molecule has 0 bridgehead atoms. The lowest BCUT2D eigenvalue weighted by Crippen LogP contribution is -2.54. The van der Waals surface area contributed by atoms with E-state index in [1.54, 1.807) is 26.8 Å². The summed E-state index contributed by atoms with van der Waals surface area (Å²) in [6.07, 6.45) is 1.10. The van der Waals surface area contributed by atoms with Crippen molar-refractivity contribution < 1.29 is 19.1 Å². The molecule has 8 nitrogen and oxygen atoms in total. The van der Waals surface area contributed by atoms with Crippen LogP contribution in [0.3, 0.4) is 0 Å². The van der Waals surface area contributed by atoms with Gasteiger partial charge < -0.3 is 20.3 Å². The van der Waals surface area contributed by atoms with E-state index in [0.29, 0.717) is 12.1 Å². The van der Waals surface area contributed by atoms with E-state index < -0.39 is 29.7 Å². The molecule has 0 spiro atoms. The summed E-state index contributed by atoms with van der Waals surface area (Å²) in [6.45, 7) is 11.2. The fraction of sp³-hybridized carbons (Fsp3) is 0.467. The number of carbonyl (C=O) groups excluding carboxylic acids is 3. The van der Waals surface area contributed by atoms with E-state index in [2.05, 4.69) is 10.6 Å². The van der Waals surface area contributed by atoms with Crippen LogP contribution in [-0.4, -0.2) is 47.5 Å². The van der Waals surface area contributed by atoms with E-state index in [1.807, 2.05) is 69.3 Å². The van der Waals surface area contributed by atoms with Crippen molar-refractivity contribution >= 4 is 17.9 Å². The molecule has 0 heterocycles. The van der Waals surface area contributed by atoms with E-state index in [9.17, 15) is 19.6 Å². The minimum absolute atomic E-state index is 0.165. The summed E-state index contributed by atoms with van der Waals surface area (Å²) in [6, 6.07) is 14.8. The minimum atomic E-state index is -1.06. The van der Waals surface area contributed by atoms with Crippen LogP contribution in [0.2, 0.25) is 0 Å². The highest BCUT2D eigenvalue weighted by atomic mass is 16.6. The van der Waals surface area contributed by atoms with Crippen molar-refractivity contribution in [2.75, 3.05) is 13.1 Å². The van der Waals surface area contributed by atoms with Gasteiger partial charge in [0, 0.05) is 13.0 Å². The minimum Gasteiger partial charge on any atom is -0.444 e. The summed E-state index contributed by atoms with van der Waals surface area (Å²) in [5, 5.41) is 15.3. The number of rotatable bonds is 11. The molecule has 0 aliphatic heterocycles. The molecule has 8 heteroatoms. The van der Waals surface area contributed by atoms with Gasteiger partial charge in [-0.25, -0.2) is 4.79 Å². The molecular weight excluding hydrogens is 480 g/mol. The molecule has 0 radical (unpaired) electrons. The number of aryl methyl sites for hydroxylation is 2. The van der Waals surface area contributed by atoms with Crippen LogP contribution in [0.5, 0.6) is 0 Å². The molecule has 2 N–H and O–H groups in total. The van der Waals surface area contributed by atoms with Gasteiger partial charge in [0.1, 0.15) is 24.2 Å². The Kier molecular flexibility index (Phi) is 11.3. The van der Waals surface area contributed by atoms with Gasteiger partial charge in [-0.15, -0.1) is 0 Å². The number of ether oxygens (including phenoxy) is 1. The standard InChI is InChI=1S/C30H40N4O4/c1-7-8-17-32-27(35)26(24-15-14-21(2)22(3)19-24)34(18-16-31)28(36)25(20-23-12-10-9-11-13-23)33-29(37)38-30(4,5)6/h9-15,19,25-26H,7-8,17-18,20H2,1-6H3,(H,32,35)(H,33,37). The molecule has 38 heavy (non-hydrogen) atoms. The maximum atomic E-state index is 14.1. The smallest absolute Gasteiger partial charge is 0.408 e. The second-order valence-corrected chi connectivity index (χ2v) is 10.4. The van der Waals surface area contributed by atoms with E-state index in [-0.39, 0.29) is 18.9 Å². The molecule has 0 aliphatic rings. The lowest BCUT2D eigenvalue weighted by molar-refractivity contribution is -0.141. The molecule has 3 amide bonds. The molecule has 0 fully saturated rings. The Morgan fingerprint density at radius 1 is 1.05 bits per heavy atom. The van der Waals surface area contributed by atoms with Crippen molar-refractivity contribution in [3.63, 3.8) is 0 Å². The second kappa shape index (κ2) is 14.2. The predicted molar refractivity (Wildman–Crippen MR) is 147 cm³/mol. The van der Waals surface area contributed by atoms with E-state index >= 15 is 0 Å². The maximum absolute atomic E-state index is 14.1. The fourth-order valence-corrected chi connectivity index (χ4v) is 3.97. The predicted octanol–water partition coefficient (Wildman–Crippen LogP) is 4.75. The summed E-state index contributed by atoms with van der Waals surface area (Å²) in [5.41, 5.74) is 2.66. The van der Waals surface area contributed by atoms with Crippen molar-refractivity contribution in [2.45, 2.75) is 78.5 Å². The molecule has 204 valence electrons. The molecule has 2 aromatic rings. The Morgan fingerprint density at radius 3 is 2.32 bits per heavy atom. The number of benzene rings is 2. The number of unbranched alkanes of at least 4 members (excludes halogenated alkanes) is 1. The van der Waals surface area contributed by atoms with Crippen molar-refractivity contribution in [3.05, 3.63) is 70.8 Å². The van der Waals surface area contributed by atoms with E-state index in [1.165, 1.54) is 4.90 Å². The lowest BCUT2D eigenvalue weighted by Gasteiger charge is -2.33. The second-order valence-electron chi connectivity index (χ2n) is 10.4.